The van der Waals surface area contributed by atoms with Gasteiger partial charge in [0.1, 0.15) is 18.9 Å². The second kappa shape index (κ2) is 8.48. The molecule has 29 heavy (non-hydrogen) atoms. The maximum Gasteiger partial charge on any atom is 0.258 e. The molecule has 2 unspecified atom stereocenters. The second-order valence-corrected chi connectivity index (χ2v) is 8.13. The highest BCUT2D eigenvalue weighted by Crippen LogP contribution is 2.40. The van der Waals surface area contributed by atoms with E-state index in [-0.39, 0.29) is 5.41 Å². The van der Waals surface area contributed by atoms with E-state index in [1.807, 2.05) is 0 Å². The van der Waals surface area contributed by atoms with Crippen LogP contribution in [-0.4, -0.2) is 4.98 Å². The van der Waals surface area contributed by atoms with Gasteiger partial charge >= 0.3 is 0 Å². The van der Waals surface area contributed by atoms with Crippen molar-refractivity contribution in [1.29, 1.82) is 0 Å². The lowest BCUT2D eigenvalue weighted by atomic mass is 9.68. The minimum absolute atomic E-state index is 0.0358. The van der Waals surface area contributed by atoms with Crippen LogP contribution in [0.5, 0.6) is 0 Å². The van der Waals surface area contributed by atoms with Crippen molar-refractivity contribution < 1.29 is 4.57 Å². The summed E-state index contributed by atoms with van der Waals surface area (Å²) in [6.07, 6.45) is 5.21. The predicted octanol–water partition coefficient (Wildman–Crippen LogP) is 5.65. The molecule has 0 bridgehead atoms. The Balaban J connectivity index is 1.71. The van der Waals surface area contributed by atoms with E-state index in [4.69, 9.17) is 0 Å². The minimum atomic E-state index is -0.0358. The quantitative estimate of drug-likeness (QED) is 0.399. The van der Waals surface area contributed by atoms with Gasteiger partial charge in [-0.05, 0) is 23.1 Å². The zero-order valence-electron chi connectivity index (χ0n) is 17.3. The van der Waals surface area contributed by atoms with Gasteiger partial charge in [-0.15, -0.1) is 0 Å². The SMILES string of the molecule is CC(c1[nH]cc[n+]1Cc1ccccc1)C(C)(Cc1ccccc1)c1ccccc1. The summed E-state index contributed by atoms with van der Waals surface area (Å²) in [5, 5.41) is 0. The van der Waals surface area contributed by atoms with Gasteiger partial charge in [0, 0.05) is 5.41 Å². The molecule has 0 radical (unpaired) electrons. The molecule has 4 aromatic rings. The van der Waals surface area contributed by atoms with E-state index in [2.05, 4.69) is 127 Å². The van der Waals surface area contributed by atoms with E-state index in [0.717, 1.165) is 13.0 Å². The van der Waals surface area contributed by atoms with E-state index >= 15 is 0 Å². The lowest BCUT2D eigenvalue weighted by Crippen LogP contribution is -2.43. The molecule has 0 spiro atoms. The molecule has 0 fully saturated rings. The molecule has 2 heteroatoms. The first-order valence-electron chi connectivity index (χ1n) is 10.4. The summed E-state index contributed by atoms with van der Waals surface area (Å²) in [6, 6.07) is 32.4. The Bertz CT molecular complexity index is 1020. The molecule has 2 nitrogen and oxygen atoms in total. The molecule has 1 heterocycles. The number of H-pyrrole nitrogens is 1. The van der Waals surface area contributed by atoms with Crippen LogP contribution in [0.25, 0.3) is 0 Å². The summed E-state index contributed by atoms with van der Waals surface area (Å²) in [4.78, 5) is 3.55. The fourth-order valence-electron chi connectivity index (χ4n) is 4.31. The van der Waals surface area contributed by atoms with Crippen molar-refractivity contribution in [2.75, 3.05) is 0 Å². The maximum atomic E-state index is 3.55. The maximum absolute atomic E-state index is 3.55. The highest BCUT2D eigenvalue weighted by Gasteiger charge is 2.39. The van der Waals surface area contributed by atoms with E-state index in [1.165, 1.54) is 22.5 Å². The van der Waals surface area contributed by atoms with Crippen LogP contribution in [0.4, 0.5) is 0 Å². The smallest absolute Gasteiger partial charge is 0.247 e. The second-order valence-electron chi connectivity index (χ2n) is 8.13. The van der Waals surface area contributed by atoms with Crippen LogP contribution in [0.3, 0.4) is 0 Å². The van der Waals surface area contributed by atoms with Gasteiger partial charge in [0.25, 0.3) is 5.82 Å². The Hall–Kier alpha value is -3.13. The van der Waals surface area contributed by atoms with Crippen molar-refractivity contribution in [1.82, 2.24) is 4.98 Å². The molecular formula is C27H29N2+. The molecule has 2 atom stereocenters. The topological polar surface area (TPSA) is 19.7 Å². The molecule has 1 N–H and O–H groups in total. The number of nitrogens with one attached hydrogen (secondary N) is 1. The minimum Gasteiger partial charge on any atom is -0.247 e. The van der Waals surface area contributed by atoms with Crippen molar-refractivity contribution in [2.45, 2.75) is 38.1 Å². The molecular weight excluding hydrogens is 352 g/mol. The number of hydrogen-bond donors (Lipinski definition) is 1. The van der Waals surface area contributed by atoms with Gasteiger partial charge in [0.15, 0.2) is 0 Å². The van der Waals surface area contributed by atoms with Crippen LogP contribution >= 0.6 is 0 Å². The van der Waals surface area contributed by atoms with Crippen molar-refractivity contribution in [2.24, 2.45) is 0 Å². The Morgan fingerprint density at radius 2 is 1.34 bits per heavy atom. The fourth-order valence-corrected chi connectivity index (χ4v) is 4.31. The molecule has 1 aromatic heterocycles. The van der Waals surface area contributed by atoms with Crippen LogP contribution < -0.4 is 4.57 Å². The molecule has 0 aliphatic carbocycles. The highest BCUT2D eigenvalue weighted by molar-refractivity contribution is 5.32. The Morgan fingerprint density at radius 3 is 1.97 bits per heavy atom. The van der Waals surface area contributed by atoms with Gasteiger partial charge in [-0.25, -0.2) is 9.55 Å². The van der Waals surface area contributed by atoms with E-state index < -0.39 is 0 Å². The summed E-state index contributed by atoms with van der Waals surface area (Å²) in [5.41, 5.74) is 4.02. The summed E-state index contributed by atoms with van der Waals surface area (Å²) < 4.78 is 2.35. The molecule has 0 saturated carbocycles. The largest absolute Gasteiger partial charge is 0.258 e. The molecule has 4 rings (SSSR count). The summed E-state index contributed by atoms with van der Waals surface area (Å²) in [6.45, 7) is 5.62. The lowest BCUT2D eigenvalue weighted by molar-refractivity contribution is -0.696. The predicted molar refractivity (Wildman–Crippen MR) is 119 cm³/mol. The van der Waals surface area contributed by atoms with E-state index in [9.17, 15) is 0 Å². The molecule has 0 amide bonds. The molecule has 0 aliphatic rings. The van der Waals surface area contributed by atoms with Crippen LogP contribution in [0, 0.1) is 0 Å². The Labute approximate surface area is 173 Å². The number of aromatic nitrogens is 2. The highest BCUT2D eigenvalue weighted by atomic mass is 15.1. The van der Waals surface area contributed by atoms with Gasteiger partial charge in [0.2, 0.25) is 0 Å². The number of benzene rings is 3. The summed E-state index contributed by atoms with van der Waals surface area (Å²) in [5.74, 6) is 1.57. The van der Waals surface area contributed by atoms with Crippen molar-refractivity contribution in [3.8, 4) is 0 Å². The van der Waals surface area contributed by atoms with Crippen LogP contribution in [0.15, 0.2) is 103 Å². The normalized spacial score (nSPS) is 14.3. The van der Waals surface area contributed by atoms with Crippen molar-refractivity contribution >= 4 is 0 Å². The van der Waals surface area contributed by atoms with Crippen LogP contribution in [-0.2, 0) is 18.4 Å². The standard InChI is InChI=1S/C27H28N2/c1-22(26-28-18-19-29(26)21-24-14-8-4-9-15-24)27(2,25-16-10-5-11-17-25)20-23-12-6-3-7-13-23/h3-19,22H,20-21H2,1-2H3/p+1. The number of rotatable bonds is 7. The first-order chi connectivity index (χ1) is 14.2. The molecule has 0 saturated heterocycles. The van der Waals surface area contributed by atoms with Crippen molar-refractivity contribution in [3.05, 3.63) is 126 Å². The van der Waals surface area contributed by atoms with Crippen molar-refractivity contribution in [3.63, 3.8) is 0 Å². The molecule has 146 valence electrons. The Morgan fingerprint density at radius 1 is 0.793 bits per heavy atom. The van der Waals surface area contributed by atoms with E-state index in [0.29, 0.717) is 5.92 Å². The zero-order chi connectivity index (χ0) is 20.1. The average molecular weight is 382 g/mol. The van der Waals surface area contributed by atoms with Crippen LogP contribution in [0.1, 0.15) is 42.3 Å². The number of aromatic amines is 1. The first-order valence-corrected chi connectivity index (χ1v) is 10.4. The third-order valence-corrected chi connectivity index (χ3v) is 6.20. The van der Waals surface area contributed by atoms with Crippen LogP contribution in [0.2, 0.25) is 0 Å². The third kappa shape index (κ3) is 4.17. The number of hydrogen-bond acceptors (Lipinski definition) is 0. The molecule has 0 aliphatic heterocycles. The zero-order valence-corrected chi connectivity index (χ0v) is 17.3. The van der Waals surface area contributed by atoms with Gasteiger partial charge in [-0.2, -0.15) is 0 Å². The summed E-state index contributed by atoms with van der Waals surface area (Å²) >= 11 is 0. The summed E-state index contributed by atoms with van der Waals surface area (Å²) in [7, 11) is 0. The van der Waals surface area contributed by atoms with Gasteiger partial charge < -0.3 is 0 Å². The third-order valence-electron chi connectivity index (χ3n) is 6.20. The fraction of sp³-hybridized carbons (Fsp3) is 0.222. The molecule has 3 aromatic carbocycles. The Kier molecular flexibility index (Phi) is 5.62. The monoisotopic (exact) mass is 381 g/mol. The number of nitrogens with zero attached hydrogens (tertiary/aromatic N) is 1. The van der Waals surface area contributed by atoms with Gasteiger partial charge in [-0.1, -0.05) is 105 Å². The number of imidazole rings is 1. The van der Waals surface area contributed by atoms with Gasteiger partial charge in [-0.3, -0.25) is 0 Å². The first kappa shape index (κ1) is 19.2. The average Bonchev–Trinajstić information content (AvgIpc) is 3.23. The van der Waals surface area contributed by atoms with Gasteiger partial charge in [0.05, 0.1) is 5.92 Å². The van der Waals surface area contributed by atoms with E-state index in [1.54, 1.807) is 0 Å². The lowest BCUT2D eigenvalue weighted by Gasteiger charge is -2.34.